The first-order valence-corrected chi connectivity index (χ1v) is 6.05. The van der Waals surface area contributed by atoms with Gasteiger partial charge in [-0.05, 0) is 23.8 Å². The molecule has 2 aromatic rings. The van der Waals surface area contributed by atoms with Crippen LogP contribution < -0.4 is 0 Å². The quantitative estimate of drug-likeness (QED) is 0.401. The molecule has 6 nitrogen and oxygen atoms in total. The molecule has 7 heteroatoms. The lowest BCUT2D eigenvalue weighted by atomic mass is 10.1. The summed E-state index contributed by atoms with van der Waals surface area (Å²) in [6.45, 7) is 0. The van der Waals surface area contributed by atoms with Crippen molar-refractivity contribution < 1.29 is 14.8 Å². The number of ketones is 1. The topological polar surface area (TPSA) is 93.3 Å². The molecule has 1 aromatic heterocycles. The molecule has 0 amide bonds. The van der Waals surface area contributed by atoms with Gasteiger partial charge in [-0.1, -0.05) is 6.08 Å². The minimum absolute atomic E-state index is 0.257. The van der Waals surface area contributed by atoms with Crippen molar-refractivity contribution in [3.63, 3.8) is 0 Å². The first-order chi connectivity index (χ1) is 9.08. The first kappa shape index (κ1) is 12.9. The summed E-state index contributed by atoms with van der Waals surface area (Å²) in [7, 11) is 0. The molecular weight excluding hydrogens is 268 g/mol. The number of hydrogen-bond acceptors (Lipinski definition) is 6. The molecule has 1 N–H and O–H groups in total. The molecule has 0 aliphatic carbocycles. The van der Waals surface area contributed by atoms with E-state index in [9.17, 15) is 20.0 Å². The Labute approximate surface area is 111 Å². The second kappa shape index (κ2) is 5.40. The maximum atomic E-state index is 11.6. The fourth-order valence-electron chi connectivity index (χ4n) is 1.39. The monoisotopic (exact) mass is 276 g/mol. The zero-order valence-electron chi connectivity index (χ0n) is 9.52. The number of benzene rings is 1. The SMILES string of the molecule is O=C(/C=C/c1ccc([N+](=O)[O-])c(O)c1)c1nccs1. The van der Waals surface area contributed by atoms with Crippen molar-refractivity contribution >= 4 is 28.9 Å². The van der Waals surface area contributed by atoms with E-state index < -0.39 is 10.7 Å². The Hall–Kier alpha value is -2.54. The van der Waals surface area contributed by atoms with Crippen molar-refractivity contribution in [3.8, 4) is 5.75 Å². The highest BCUT2D eigenvalue weighted by Gasteiger charge is 2.12. The predicted molar refractivity (Wildman–Crippen MR) is 70.2 cm³/mol. The van der Waals surface area contributed by atoms with E-state index in [-0.39, 0.29) is 11.5 Å². The summed E-state index contributed by atoms with van der Waals surface area (Å²) >= 11 is 1.23. The van der Waals surface area contributed by atoms with Crippen LogP contribution in [0.2, 0.25) is 0 Å². The van der Waals surface area contributed by atoms with E-state index >= 15 is 0 Å². The van der Waals surface area contributed by atoms with Crippen LogP contribution in [0.4, 0.5) is 5.69 Å². The normalized spacial score (nSPS) is 10.7. The number of carbonyl (C=O) groups is 1. The van der Waals surface area contributed by atoms with Crippen LogP contribution in [0.1, 0.15) is 15.4 Å². The van der Waals surface area contributed by atoms with Crippen molar-refractivity contribution in [2.75, 3.05) is 0 Å². The summed E-state index contributed by atoms with van der Waals surface area (Å²) in [4.78, 5) is 25.3. The van der Waals surface area contributed by atoms with Gasteiger partial charge in [0.05, 0.1) is 4.92 Å². The van der Waals surface area contributed by atoms with Crippen molar-refractivity contribution in [1.29, 1.82) is 0 Å². The number of aromatic hydroxyl groups is 1. The average Bonchev–Trinajstić information content (AvgIpc) is 2.89. The lowest BCUT2D eigenvalue weighted by Gasteiger charge is -1.97. The van der Waals surface area contributed by atoms with Crippen molar-refractivity contribution in [2.45, 2.75) is 0 Å². The van der Waals surface area contributed by atoms with Gasteiger partial charge >= 0.3 is 5.69 Å². The molecule has 96 valence electrons. The molecule has 0 unspecified atom stereocenters. The Morgan fingerprint density at radius 2 is 2.26 bits per heavy atom. The van der Waals surface area contributed by atoms with Crippen LogP contribution in [-0.4, -0.2) is 20.8 Å². The van der Waals surface area contributed by atoms with Crippen LogP contribution >= 0.6 is 11.3 Å². The van der Waals surface area contributed by atoms with Gasteiger partial charge in [-0.25, -0.2) is 4.98 Å². The number of aromatic nitrogens is 1. The molecule has 0 spiro atoms. The number of phenolic OH excluding ortho intramolecular Hbond substituents is 1. The number of rotatable bonds is 4. The van der Waals surface area contributed by atoms with E-state index in [0.717, 1.165) is 0 Å². The minimum Gasteiger partial charge on any atom is -0.502 e. The summed E-state index contributed by atoms with van der Waals surface area (Å²) in [6, 6.07) is 3.86. The molecule has 1 heterocycles. The van der Waals surface area contributed by atoms with E-state index in [4.69, 9.17) is 0 Å². The van der Waals surface area contributed by atoms with Gasteiger partial charge in [0.1, 0.15) is 0 Å². The van der Waals surface area contributed by atoms with Crippen LogP contribution in [0.15, 0.2) is 35.9 Å². The third kappa shape index (κ3) is 3.02. The van der Waals surface area contributed by atoms with Crippen molar-refractivity contribution in [3.05, 3.63) is 56.5 Å². The van der Waals surface area contributed by atoms with Crippen LogP contribution in [0, 0.1) is 10.1 Å². The third-order valence-electron chi connectivity index (χ3n) is 2.27. The Morgan fingerprint density at radius 3 is 2.84 bits per heavy atom. The van der Waals surface area contributed by atoms with Gasteiger partial charge in [0, 0.05) is 17.6 Å². The number of carbonyl (C=O) groups excluding carboxylic acids is 1. The Kier molecular flexibility index (Phi) is 3.67. The van der Waals surface area contributed by atoms with Gasteiger partial charge in [0.2, 0.25) is 5.78 Å². The molecular formula is C12H8N2O4S. The average molecular weight is 276 g/mol. The zero-order chi connectivity index (χ0) is 13.8. The number of phenols is 1. The van der Waals surface area contributed by atoms with E-state index in [1.807, 2.05) is 0 Å². The summed E-state index contributed by atoms with van der Waals surface area (Å²) in [5, 5.41) is 22.0. The summed E-state index contributed by atoms with van der Waals surface area (Å²) < 4.78 is 0. The van der Waals surface area contributed by atoms with Crippen LogP contribution in [-0.2, 0) is 0 Å². The number of allylic oxidation sites excluding steroid dienone is 1. The van der Waals surface area contributed by atoms with Gasteiger partial charge in [-0.15, -0.1) is 11.3 Å². The van der Waals surface area contributed by atoms with Crippen LogP contribution in [0.5, 0.6) is 5.75 Å². The molecule has 0 aliphatic heterocycles. The molecule has 0 bridgehead atoms. The number of nitro benzene ring substituents is 1. The first-order valence-electron chi connectivity index (χ1n) is 5.17. The Balaban J connectivity index is 2.18. The molecule has 0 atom stereocenters. The Morgan fingerprint density at radius 1 is 1.47 bits per heavy atom. The van der Waals surface area contributed by atoms with Crippen LogP contribution in [0.25, 0.3) is 6.08 Å². The maximum absolute atomic E-state index is 11.6. The number of nitrogens with zero attached hydrogens (tertiary/aromatic N) is 2. The second-order valence-electron chi connectivity index (χ2n) is 3.54. The van der Waals surface area contributed by atoms with Gasteiger partial charge < -0.3 is 5.11 Å². The summed E-state index contributed by atoms with van der Waals surface area (Å²) in [5.74, 6) is -0.693. The van der Waals surface area contributed by atoms with Gasteiger partial charge in [0.15, 0.2) is 10.8 Å². The second-order valence-corrected chi connectivity index (χ2v) is 4.43. The van der Waals surface area contributed by atoms with Gasteiger partial charge in [-0.3, -0.25) is 14.9 Å². The van der Waals surface area contributed by atoms with Crippen molar-refractivity contribution in [2.24, 2.45) is 0 Å². The molecule has 1 aromatic carbocycles. The zero-order valence-corrected chi connectivity index (χ0v) is 10.3. The maximum Gasteiger partial charge on any atom is 0.310 e. The van der Waals surface area contributed by atoms with E-state index in [0.29, 0.717) is 10.6 Å². The molecule has 19 heavy (non-hydrogen) atoms. The van der Waals surface area contributed by atoms with Gasteiger partial charge in [-0.2, -0.15) is 0 Å². The van der Waals surface area contributed by atoms with E-state index in [2.05, 4.69) is 4.98 Å². The van der Waals surface area contributed by atoms with Crippen LogP contribution in [0.3, 0.4) is 0 Å². The smallest absolute Gasteiger partial charge is 0.310 e. The summed E-state index contributed by atoms with van der Waals surface area (Å²) in [5.41, 5.74) is 0.122. The predicted octanol–water partition coefficient (Wildman–Crippen LogP) is 2.65. The van der Waals surface area contributed by atoms with Crippen molar-refractivity contribution in [1.82, 2.24) is 4.98 Å². The third-order valence-corrected chi connectivity index (χ3v) is 3.05. The lowest BCUT2D eigenvalue weighted by Crippen LogP contribution is -1.92. The van der Waals surface area contributed by atoms with E-state index in [1.54, 1.807) is 5.38 Å². The van der Waals surface area contributed by atoms with Gasteiger partial charge in [0.25, 0.3) is 0 Å². The lowest BCUT2D eigenvalue weighted by molar-refractivity contribution is -0.385. The standard InChI is InChI=1S/C12H8N2O4S/c15-10(12-13-5-6-19-12)4-2-8-1-3-9(14(17)18)11(16)7-8/h1-7,16H/b4-2+. The summed E-state index contributed by atoms with van der Waals surface area (Å²) in [6.07, 6.45) is 4.30. The number of nitro groups is 1. The molecule has 0 saturated carbocycles. The fraction of sp³-hybridized carbons (Fsp3) is 0. The number of thiazole rings is 1. The molecule has 0 saturated heterocycles. The fourth-order valence-corrected chi connectivity index (χ4v) is 1.94. The highest BCUT2D eigenvalue weighted by Crippen LogP contribution is 2.26. The molecule has 0 aliphatic rings. The van der Waals surface area contributed by atoms with E-state index in [1.165, 1.54) is 47.9 Å². The molecule has 0 fully saturated rings. The molecule has 0 radical (unpaired) electrons. The minimum atomic E-state index is -0.677. The Bertz CT molecular complexity index is 650. The highest BCUT2D eigenvalue weighted by molar-refractivity contribution is 7.11. The number of hydrogen-bond donors (Lipinski definition) is 1. The largest absolute Gasteiger partial charge is 0.502 e. The highest BCUT2D eigenvalue weighted by atomic mass is 32.1. The molecule has 2 rings (SSSR count).